The Balaban J connectivity index is 1.73. The number of aromatic nitrogens is 2. The smallest absolute Gasteiger partial charge is 0.259 e. The van der Waals surface area contributed by atoms with Gasteiger partial charge in [0.2, 0.25) is 5.95 Å². The first kappa shape index (κ1) is 19.2. The average Bonchev–Trinajstić information content (AvgIpc) is 2.76. The van der Waals surface area contributed by atoms with E-state index in [9.17, 15) is 4.79 Å². The summed E-state index contributed by atoms with van der Waals surface area (Å²) in [5.41, 5.74) is 3.66. The Morgan fingerprint density at radius 2 is 1.72 bits per heavy atom. The van der Waals surface area contributed by atoms with Crippen LogP contribution in [0.5, 0.6) is 5.75 Å². The van der Waals surface area contributed by atoms with E-state index in [1.807, 2.05) is 44.2 Å². The van der Waals surface area contributed by atoms with E-state index < -0.39 is 0 Å². The molecule has 0 saturated carbocycles. The maximum absolute atomic E-state index is 13.0. The van der Waals surface area contributed by atoms with E-state index in [1.165, 1.54) is 5.56 Å². The lowest BCUT2D eigenvalue weighted by molar-refractivity contribution is 0.200. The molecule has 2 heterocycles. The second-order valence-corrected chi connectivity index (χ2v) is 7.37. The molecule has 6 heteroatoms. The number of methoxy groups -OCH3 is 1. The zero-order valence-electron chi connectivity index (χ0n) is 17.1. The van der Waals surface area contributed by atoms with E-state index in [-0.39, 0.29) is 5.56 Å². The summed E-state index contributed by atoms with van der Waals surface area (Å²) in [5, 5.41) is 0. The van der Waals surface area contributed by atoms with Gasteiger partial charge in [-0.25, -0.2) is 4.98 Å². The lowest BCUT2D eigenvalue weighted by Crippen LogP contribution is -2.48. The summed E-state index contributed by atoms with van der Waals surface area (Å²) in [5.74, 6) is 1.43. The van der Waals surface area contributed by atoms with Gasteiger partial charge in [0.15, 0.2) is 0 Å². The molecule has 0 atom stereocenters. The number of fused-ring (bicyclic) bond motifs is 1. The summed E-state index contributed by atoms with van der Waals surface area (Å²) in [7, 11) is 1.66. The minimum Gasteiger partial charge on any atom is -0.495 e. The highest BCUT2D eigenvalue weighted by atomic mass is 16.5. The van der Waals surface area contributed by atoms with Crippen molar-refractivity contribution in [3.8, 4) is 5.75 Å². The van der Waals surface area contributed by atoms with Gasteiger partial charge in [0.25, 0.3) is 5.56 Å². The van der Waals surface area contributed by atoms with E-state index in [0.717, 1.165) is 30.1 Å². The Morgan fingerprint density at radius 1 is 1.00 bits per heavy atom. The Kier molecular flexibility index (Phi) is 5.36. The molecule has 150 valence electrons. The molecule has 6 nitrogen and oxygen atoms in total. The van der Waals surface area contributed by atoms with Crippen LogP contribution in [0.25, 0.3) is 0 Å². The number of nitrogens with zero attached hydrogens (tertiary/aromatic N) is 4. The van der Waals surface area contributed by atoms with Crippen molar-refractivity contribution in [2.45, 2.75) is 26.9 Å². The highest BCUT2D eigenvalue weighted by Gasteiger charge is 2.28. The SMILES string of the molecule is COc1ccccc1N1CN(CCc2ccccc2)Cn2c1nc(C)c(C)c2=O. The molecule has 4 rings (SSSR count). The van der Waals surface area contributed by atoms with Crippen LogP contribution in [0.3, 0.4) is 0 Å². The number of anilines is 2. The van der Waals surface area contributed by atoms with E-state index >= 15 is 0 Å². The fourth-order valence-corrected chi connectivity index (χ4v) is 3.69. The predicted octanol–water partition coefficient (Wildman–Crippen LogP) is 3.48. The first-order valence-electron chi connectivity index (χ1n) is 9.83. The third-order valence-electron chi connectivity index (χ3n) is 5.48. The van der Waals surface area contributed by atoms with Crippen molar-refractivity contribution < 1.29 is 4.74 Å². The quantitative estimate of drug-likeness (QED) is 0.668. The number of ether oxygens (including phenoxy) is 1. The van der Waals surface area contributed by atoms with Crippen LogP contribution in [0.15, 0.2) is 59.4 Å². The minimum atomic E-state index is 0.0109. The molecule has 0 radical (unpaired) electrons. The lowest BCUT2D eigenvalue weighted by Gasteiger charge is -2.38. The van der Waals surface area contributed by atoms with E-state index in [4.69, 9.17) is 9.72 Å². The number of aryl methyl sites for hydroxylation is 1. The highest BCUT2D eigenvalue weighted by Crippen LogP contribution is 2.34. The number of benzene rings is 2. The Hall–Kier alpha value is -3.12. The third kappa shape index (κ3) is 3.76. The van der Waals surface area contributed by atoms with Crippen molar-refractivity contribution in [2.75, 3.05) is 25.2 Å². The van der Waals surface area contributed by atoms with Gasteiger partial charge in [-0.05, 0) is 38.0 Å². The van der Waals surface area contributed by atoms with Gasteiger partial charge in [-0.3, -0.25) is 19.2 Å². The molecular formula is C23H26N4O2. The zero-order valence-corrected chi connectivity index (χ0v) is 17.1. The normalized spacial score (nSPS) is 14.0. The van der Waals surface area contributed by atoms with Gasteiger partial charge in [-0.2, -0.15) is 0 Å². The fourth-order valence-electron chi connectivity index (χ4n) is 3.69. The largest absolute Gasteiger partial charge is 0.495 e. The zero-order chi connectivity index (χ0) is 20.4. The Bertz CT molecular complexity index is 1060. The lowest BCUT2D eigenvalue weighted by atomic mass is 10.1. The molecular weight excluding hydrogens is 364 g/mol. The number of rotatable bonds is 5. The molecule has 1 aromatic heterocycles. The second-order valence-electron chi connectivity index (χ2n) is 7.37. The van der Waals surface area contributed by atoms with Gasteiger partial charge in [0.05, 0.1) is 26.1 Å². The molecule has 3 aromatic rings. The Labute approximate surface area is 171 Å². The summed E-state index contributed by atoms with van der Waals surface area (Å²) in [4.78, 5) is 22.1. The second kappa shape index (κ2) is 8.09. The van der Waals surface area contributed by atoms with E-state index in [1.54, 1.807) is 11.7 Å². The van der Waals surface area contributed by atoms with Crippen LogP contribution in [-0.2, 0) is 13.1 Å². The molecule has 0 bridgehead atoms. The van der Waals surface area contributed by atoms with Crippen LogP contribution in [0, 0.1) is 13.8 Å². The molecule has 0 amide bonds. The summed E-state index contributed by atoms with van der Waals surface area (Å²) < 4.78 is 7.35. The number of hydrogen-bond donors (Lipinski definition) is 0. The highest BCUT2D eigenvalue weighted by molar-refractivity contribution is 5.66. The van der Waals surface area contributed by atoms with Crippen LogP contribution in [0.4, 0.5) is 11.6 Å². The molecule has 0 fully saturated rings. The van der Waals surface area contributed by atoms with E-state index in [0.29, 0.717) is 24.8 Å². The fraction of sp³-hybridized carbons (Fsp3) is 0.304. The van der Waals surface area contributed by atoms with Crippen molar-refractivity contribution in [2.24, 2.45) is 0 Å². The molecule has 29 heavy (non-hydrogen) atoms. The van der Waals surface area contributed by atoms with Crippen molar-refractivity contribution in [3.63, 3.8) is 0 Å². The van der Waals surface area contributed by atoms with E-state index in [2.05, 4.69) is 34.1 Å². The maximum atomic E-state index is 13.0. The van der Waals surface area contributed by atoms with Gasteiger partial charge in [-0.1, -0.05) is 42.5 Å². The van der Waals surface area contributed by atoms with Crippen molar-refractivity contribution >= 4 is 11.6 Å². The maximum Gasteiger partial charge on any atom is 0.259 e. The summed E-state index contributed by atoms with van der Waals surface area (Å²) in [6.45, 7) is 5.74. The molecule has 0 aliphatic carbocycles. The summed E-state index contributed by atoms with van der Waals surface area (Å²) in [6, 6.07) is 18.3. The third-order valence-corrected chi connectivity index (χ3v) is 5.48. The van der Waals surface area contributed by atoms with Crippen LogP contribution in [-0.4, -0.2) is 34.8 Å². The van der Waals surface area contributed by atoms with Gasteiger partial charge >= 0.3 is 0 Å². The first-order valence-corrected chi connectivity index (χ1v) is 9.83. The standard InChI is InChI=1S/C23H26N4O2/c1-17-18(2)24-23-26(20-11-7-8-12-21(20)29-3)15-25(16-27(23)22(17)28)14-13-19-9-5-4-6-10-19/h4-12H,13-16H2,1-3H3. The summed E-state index contributed by atoms with van der Waals surface area (Å²) in [6.07, 6.45) is 0.920. The topological polar surface area (TPSA) is 50.6 Å². The minimum absolute atomic E-state index is 0.0109. The summed E-state index contributed by atoms with van der Waals surface area (Å²) >= 11 is 0. The molecule has 1 aliphatic heterocycles. The Morgan fingerprint density at radius 3 is 2.48 bits per heavy atom. The molecule has 1 aliphatic rings. The van der Waals surface area contributed by atoms with Crippen molar-refractivity contribution in [1.82, 2.24) is 14.5 Å². The molecule has 0 unspecified atom stereocenters. The molecule has 2 aromatic carbocycles. The number of para-hydroxylation sites is 2. The van der Waals surface area contributed by atoms with Crippen molar-refractivity contribution in [3.05, 3.63) is 81.8 Å². The number of hydrogen-bond acceptors (Lipinski definition) is 5. The van der Waals surface area contributed by atoms with Crippen LogP contribution >= 0.6 is 0 Å². The van der Waals surface area contributed by atoms with Crippen molar-refractivity contribution in [1.29, 1.82) is 0 Å². The van der Waals surface area contributed by atoms with Gasteiger partial charge < -0.3 is 4.74 Å². The monoisotopic (exact) mass is 390 g/mol. The van der Waals surface area contributed by atoms with Crippen LogP contribution < -0.4 is 15.2 Å². The predicted molar refractivity (Wildman–Crippen MR) is 115 cm³/mol. The first-order chi connectivity index (χ1) is 14.1. The molecule has 0 saturated heterocycles. The van der Waals surface area contributed by atoms with Crippen LogP contribution in [0.2, 0.25) is 0 Å². The van der Waals surface area contributed by atoms with Gasteiger partial charge in [-0.15, -0.1) is 0 Å². The molecule has 0 spiro atoms. The average molecular weight is 390 g/mol. The van der Waals surface area contributed by atoms with Gasteiger partial charge in [0.1, 0.15) is 5.75 Å². The van der Waals surface area contributed by atoms with Crippen LogP contribution in [0.1, 0.15) is 16.8 Å². The molecule has 0 N–H and O–H groups in total. The van der Waals surface area contributed by atoms with Gasteiger partial charge in [0, 0.05) is 17.8 Å².